The van der Waals surface area contributed by atoms with Gasteiger partial charge in [-0.25, -0.2) is 0 Å². The molecule has 0 aliphatic rings. The van der Waals surface area contributed by atoms with Crippen LogP contribution in [0.5, 0.6) is 0 Å². The number of hydrogen-bond donors (Lipinski definition) is 0. The molecule has 0 saturated carbocycles. The van der Waals surface area contributed by atoms with E-state index in [2.05, 4.69) is 45.1 Å². The fourth-order valence-corrected chi connectivity index (χ4v) is 9.48. The van der Waals surface area contributed by atoms with Crippen LogP contribution in [0.25, 0.3) is 0 Å². The van der Waals surface area contributed by atoms with Gasteiger partial charge >= 0.3 is 17.9 Å². The number of esters is 3. The molecular weight excluding hydrogens is 865 g/mol. The summed E-state index contributed by atoms with van der Waals surface area (Å²) in [7, 11) is 0. The lowest BCUT2D eigenvalue weighted by Crippen LogP contribution is -2.30. The molecule has 1 unspecified atom stereocenters. The molecule has 6 heteroatoms. The van der Waals surface area contributed by atoms with Crippen LogP contribution in [0.3, 0.4) is 0 Å². The number of hydrogen-bond acceptors (Lipinski definition) is 6. The molecule has 0 aliphatic heterocycles. The van der Waals surface area contributed by atoms with Gasteiger partial charge in [0.2, 0.25) is 0 Å². The summed E-state index contributed by atoms with van der Waals surface area (Å²) in [4.78, 5) is 38.2. The Balaban J connectivity index is 4.28. The Labute approximate surface area is 436 Å². The fourth-order valence-electron chi connectivity index (χ4n) is 9.48. The summed E-state index contributed by atoms with van der Waals surface area (Å²) in [6.07, 6.45) is 70.3. The van der Waals surface area contributed by atoms with E-state index in [0.717, 1.165) is 70.6 Å². The molecular formula is C64H120O6. The zero-order valence-corrected chi connectivity index (χ0v) is 47.3. The minimum Gasteiger partial charge on any atom is -0.462 e. The van der Waals surface area contributed by atoms with E-state index < -0.39 is 6.10 Å². The van der Waals surface area contributed by atoms with Gasteiger partial charge in [-0.15, -0.1) is 0 Å². The van der Waals surface area contributed by atoms with Crippen molar-refractivity contribution in [2.24, 2.45) is 0 Å². The van der Waals surface area contributed by atoms with E-state index in [1.165, 1.54) is 238 Å². The van der Waals surface area contributed by atoms with Crippen LogP contribution < -0.4 is 0 Å². The van der Waals surface area contributed by atoms with Crippen LogP contribution in [0.4, 0.5) is 0 Å². The third kappa shape index (κ3) is 56.8. The smallest absolute Gasteiger partial charge is 0.306 e. The monoisotopic (exact) mass is 985 g/mol. The van der Waals surface area contributed by atoms with Crippen molar-refractivity contribution >= 4 is 17.9 Å². The molecule has 0 aromatic heterocycles. The van der Waals surface area contributed by atoms with Crippen LogP contribution in [0.1, 0.15) is 348 Å². The van der Waals surface area contributed by atoms with E-state index in [1.54, 1.807) is 0 Å². The fraction of sp³-hybridized carbons (Fsp3) is 0.891. The molecule has 0 saturated heterocycles. The van der Waals surface area contributed by atoms with Crippen LogP contribution in [-0.4, -0.2) is 37.2 Å². The van der Waals surface area contributed by atoms with Crippen molar-refractivity contribution in [1.82, 2.24) is 0 Å². The number of carbonyl (C=O) groups is 3. The van der Waals surface area contributed by atoms with E-state index in [9.17, 15) is 14.4 Å². The maximum absolute atomic E-state index is 12.9. The molecule has 0 rings (SSSR count). The predicted molar refractivity (Wildman–Crippen MR) is 303 cm³/mol. The molecule has 6 nitrogen and oxygen atoms in total. The molecule has 0 bridgehead atoms. The molecule has 0 aromatic rings. The second-order valence-corrected chi connectivity index (χ2v) is 21.3. The maximum Gasteiger partial charge on any atom is 0.306 e. The quantitative estimate of drug-likeness (QED) is 0.0261. The van der Waals surface area contributed by atoms with Gasteiger partial charge in [-0.3, -0.25) is 14.4 Å². The van der Waals surface area contributed by atoms with Crippen molar-refractivity contribution < 1.29 is 28.6 Å². The van der Waals surface area contributed by atoms with Crippen LogP contribution in [-0.2, 0) is 28.6 Å². The first-order chi connectivity index (χ1) is 34.5. The summed E-state index contributed by atoms with van der Waals surface area (Å²) in [5, 5.41) is 0. The molecule has 0 spiro atoms. The summed E-state index contributed by atoms with van der Waals surface area (Å²) in [6.45, 7) is 6.68. The van der Waals surface area contributed by atoms with Gasteiger partial charge in [-0.2, -0.15) is 0 Å². The summed E-state index contributed by atoms with van der Waals surface area (Å²) in [5.74, 6) is -0.850. The van der Waals surface area contributed by atoms with E-state index in [1.807, 2.05) is 0 Å². The lowest BCUT2D eigenvalue weighted by molar-refractivity contribution is -0.167. The molecule has 70 heavy (non-hydrogen) atoms. The summed E-state index contributed by atoms with van der Waals surface area (Å²) >= 11 is 0. The molecule has 0 amide bonds. The van der Waals surface area contributed by atoms with Gasteiger partial charge in [0.1, 0.15) is 13.2 Å². The average Bonchev–Trinajstić information content (AvgIpc) is 3.36. The number of allylic oxidation sites excluding steroid dienone is 4. The molecule has 0 aliphatic carbocycles. The van der Waals surface area contributed by atoms with Gasteiger partial charge in [0, 0.05) is 19.3 Å². The third-order valence-corrected chi connectivity index (χ3v) is 14.2. The van der Waals surface area contributed by atoms with Crippen molar-refractivity contribution in [2.45, 2.75) is 354 Å². The Morgan fingerprint density at radius 2 is 0.514 bits per heavy atom. The van der Waals surface area contributed by atoms with Crippen LogP contribution in [0, 0.1) is 0 Å². The van der Waals surface area contributed by atoms with E-state index in [0.29, 0.717) is 19.3 Å². The third-order valence-electron chi connectivity index (χ3n) is 14.2. The highest BCUT2D eigenvalue weighted by atomic mass is 16.6. The first kappa shape index (κ1) is 67.9. The lowest BCUT2D eigenvalue weighted by Gasteiger charge is -2.18. The molecule has 0 fully saturated rings. The van der Waals surface area contributed by atoms with E-state index >= 15 is 0 Å². The largest absolute Gasteiger partial charge is 0.462 e. The maximum atomic E-state index is 12.9. The normalized spacial score (nSPS) is 12.1. The predicted octanol–water partition coefficient (Wildman–Crippen LogP) is 21.1. The summed E-state index contributed by atoms with van der Waals surface area (Å²) < 4.78 is 16.9. The van der Waals surface area contributed by atoms with Crippen molar-refractivity contribution in [1.29, 1.82) is 0 Å². The van der Waals surface area contributed by atoms with E-state index in [-0.39, 0.29) is 31.1 Å². The lowest BCUT2D eigenvalue weighted by atomic mass is 10.0. The van der Waals surface area contributed by atoms with Crippen LogP contribution in [0.2, 0.25) is 0 Å². The van der Waals surface area contributed by atoms with Gasteiger partial charge in [0.25, 0.3) is 0 Å². The van der Waals surface area contributed by atoms with Crippen molar-refractivity contribution in [2.75, 3.05) is 13.2 Å². The van der Waals surface area contributed by atoms with Crippen molar-refractivity contribution in [3.63, 3.8) is 0 Å². The Morgan fingerprint density at radius 3 is 0.800 bits per heavy atom. The molecule has 0 N–H and O–H groups in total. The molecule has 412 valence electrons. The molecule has 0 aromatic carbocycles. The topological polar surface area (TPSA) is 78.9 Å². The Morgan fingerprint density at radius 1 is 0.286 bits per heavy atom. The standard InChI is InChI=1S/C64H120O6/c1-4-7-10-13-16-19-22-25-27-29-31-32-33-35-36-39-42-45-48-51-54-57-63(66)69-60-61(59-68-62(65)56-53-50-47-44-41-38-24-21-18-15-12-9-6-3)70-64(67)58-55-52-49-46-43-40-37-34-30-28-26-23-20-17-14-11-8-5-2/h20,23,28,30,61H,4-19,21-22,24-27,29,31-60H2,1-3H3/b23-20-,30-28-. The number of ether oxygens (including phenoxy) is 3. The average molecular weight is 986 g/mol. The van der Waals surface area contributed by atoms with Crippen LogP contribution in [0.15, 0.2) is 24.3 Å². The highest BCUT2D eigenvalue weighted by Gasteiger charge is 2.19. The zero-order chi connectivity index (χ0) is 50.7. The second kappa shape index (κ2) is 59.5. The van der Waals surface area contributed by atoms with Crippen molar-refractivity contribution in [3.05, 3.63) is 24.3 Å². The Hall–Kier alpha value is -2.11. The number of rotatable bonds is 58. The summed E-state index contributed by atoms with van der Waals surface area (Å²) in [5.41, 5.74) is 0. The van der Waals surface area contributed by atoms with E-state index in [4.69, 9.17) is 14.2 Å². The molecule has 0 heterocycles. The highest BCUT2D eigenvalue weighted by molar-refractivity contribution is 5.71. The SMILES string of the molecule is CCCCCC/C=C\C/C=C\CCCCCCCCCC(=O)OC(COC(=O)CCCCCCCCCCCCCCC)COC(=O)CCCCCCCCCCCCCCCCCCCCCCC. The Bertz CT molecular complexity index is 1130. The van der Waals surface area contributed by atoms with Gasteiger partial charge in [0.05, 0.1) is 0 Å². The zero-order valence-electron chi connectivity index (χ0n) is 47.3. The summed E-state index contributed by atoms with van der Waals surface area (Å²) in [6, 6.07) is 0. The number of carbonyl (C=O) groups excluding carboxylic acids is 3. The van der Waals surface area contributed by atoms with Gasteiger partial charge < -0.3 is 14.2 Å². The minimum atomic E-state index is -0.771. The minimum absolute atomic E-state index is 0.0686. The Kier molecular flexibility index (Phi) is 57.7. The second-order valence-electron chi connectivity index (χ2n) is 21.3. The first-order valence-corrected chi connectivity index (χ1v) is 31.3. The van der Waals surface area contributed by atoms with Crippen molar-refractivity contribution in [3.8, 4) is 0 Å². The first-order valence-electron chi connectivity index (χ1n) is 31.3. The van der Waals surface area contributed by atoms with Gasteiger partial charge in [-0.1, -0.05) is 302 Å². The molecule has 1 atom stereocenters. The molecule has 0 radical (unpaired) electrons. The van der Waals surface area contributed by atoms with Gasteiger partial charge in [0.15, 0.2) is 6.10 Å². The van der Waals surface area contributed by atoms with Crippen LogP contribution >= 0.6 is 0 Å². The van der Waals surface area contributed by atoms with Gasteiger partial charge in [-0.05, 0) is 51.4 Å². The number of unbranched alkanes of at least 4 members (excludes halogenated alkanes) is 43. The highest BCUT2D eigenvalue weighted by Crippen LogP contribution is 2.18.